The second-order valence-corrected chi connectivity index (χ2v) is 36.3. The smallest absolute Gasteiger partial charge is 0.508 e. The van der Waals surface area contributed by atoms with Crippen molar-refractivity contribution in [3.8, 4) is 5.75 Å². The van der Waals surface area contributed by atoms with E-state index >= 15 is 4.79 Å². The van der Waals surface area contributed by atoms with E-state index in [9.17, 15) is 96.8 Å². The van der Waals surface area contributed by atoms with Crippen LogP contribution >= 0.6 is 21.6 Å². The summed E-state index contributed by atoms with van der Waals surface area (Å²) in [6.07, 6.45) is -3.65. The van der Waals surface area contributed by atoms with Crippen LogP contribution in [0.25, 0.3) is 22.1 Å². The number of ketones is 5. The topological polar surface area (TPSA) is 807 Å². The number of nitrogens with zero attached hydrogens (tertiary/aromatic N) is 4. The van der Waals surface area contributed by atoms with Crippen LogP contribution < -0.4 is 70.6 Å². The van der Waals surface area contributed by atoms with Gasteiger partial charge in [-0.15, -0.1) is 0 Å². The Balaban J connectivity index is 0.00000333. The summed E-state index contributed by atoms with van der Waals surface area (Å²) in [6, 6.07) is 1.29. The molecule has 5 aromatic rings. The number of guanidine groups is 1. The molecule has 3 aliphatic rings. The highest BCUT2D eigenvalue weighted by Gasteiger charge is 2.45. The van der Waals surface area contributed by atoms with Crippen LogP contribution in [-0.4, -0.2) is 275 Å². The van der Waals surface area contributed by atoms with E-state index in [1.165, 1.54) is 73.7 Å². The fraction of sp³-hybridized carbons (Fsp3) is 0.533. The quantitative estimate of drug-likeness (QED) is 0.00527. The molecular weight excluding hydrogens is 1910 g/mol. The number of nitrogens with one attached hydrogen (secondary N) is 12. The second-order valence-electron chi connectivity index (χ2n) is 33.6. The van der Waals surface area contributed by atoms with E-state index in [0.717, 1.165) is 10.5 Å². The predicted molar refractivity (Wildman–Crippen MR) is 495 cm³/mol. The summed E-state index contributed by atoms with van der Waals surface area (Å²) in [4.78, 5) is 331. The molecule has 50 nitrogen and oxygen atoms in total. The molecule has 2 bridgehead atoms. The van der Waals surface area contributed by atoms with Crippen LogP contribution in [0.2, 0.25) is 0 Å². The number of carbonyl (C=O) groups is 17. The number of fused-ring (bicyclic) bond motifs is 6. The number of hydrogen-bond acceptors (Lipinski definition) is 37. The van der Waals surface area contributed by atoms with Gasteiger partial charge in [0.2, 0.25) is 65.0 Å². The van der Waals surface area contributed by atoms with Crippen LogP contribution in [-0.2, 0) is 145 Å². The van der Waals surface area contributed by atoms with Crippen molar-refractivity contribution in [3.63, 3.8) is 0 Å². The standard InChI is InChI=1S/C86H117N19O23S2.4CO2/c1-8-43(3)73-63(107)22-24-71(115)99-58-21-20-57-56(54-19-18-53(106)34-59(54)98-57)35-60(79(120)94-39-72(116)102-73)100-78(119)55(36-67(111)62-30-42(2)40-105(62)82(123)61(37-69(87)113)101-80(58)121)45(5)68(112)41-128-86(126)127-27-29-130-129-28-26-91-76(117)44(4)31-64(108)47(7)96-77(118)50(10-9-25-92-84(88)89)32-65(109)46(6)95-70(114)23-16-51(83(124)125)33-66(110)49-14-11-48(12-15-49)13-17-52-38-93-75-74(97-52)81(122)104-85(90)103-75;4*2-1-3/h11-12,14-15,18-19,34,38,42-47,50-51,55,58,60-62,68,73,98,106,112H,8-10,13,16-17,20-33,35-37,39-41H2,1-7H3,(H2,87,113)(H,91,117)(H,94,120)(H,95,114)(H,96,118)(H,99,115)(H,100,119)(H,101,121)(H,102,116)(H,124,125)(H4,88,89,92)(H3,90,93,103,104,122);;;;/t42-,43?,44-,45+,46+,47+,50-,51-,55+,58-,60+,61+,62+,68+,73+;;;;/m1..../s1. The predicted octanol–water partition coefficient (Wildman–Crippen LogP) is -1.58. The number of phenolic OH excluding ortho intramolecular Hbond substituents is 1. The second kappa shape index (κ2) is 61.5. The molecule has 3 aromatic heterocycles. The van der Waals surface area contributed by atoms with Crippen molar-refractivity contribution >= 4 is 180 Å². The van der Waals surface area contributed by atoms with Gasteiger partial charge >= 0.3 is 36.7 Å². The normalized spacial score (nSPS) is 18.9. The van der Waals surface area contributed by atoms with Gasteiger partial charge in [-0.05, 0) is 106 Å². The Morgan fingerprint density at radius 1 is 0.690 bits per heavy atom. The number of amides is 10. The molecule has 6 heterocycles. The zero-order valence-corrected chi connectivity index (χ0v) is 80.4. The van der Waals surface area contributed by atoms with Crippen molar-refractivity contribution in [3.05, 3.63) is 87.1 Å². The molecule has 15 atom stereocenters. The Hall–Kier alpha value is -15.0. The monoisotopic (exact) mass is 2020 g/mol. The first kappa shape index (κ1) is 119. The first-order valence-corrected chi connectivity index (χ1v) is 47.3. The number of carboxylic acid groups (broad SMARTS) is 1. The first-order chi connectivity index (χ1) is 67.3. The van der Waals surface area contributed by atoms with Gasteiger partial charge in [-0.2, -0.15) is 43.3 Å². The zero-order valence-electron chi connectivity index (χ0n) is 78.8. The van der Waals surface area contributed by atoms with Gasteiger partial charge in [0.05, 0.1) is 67.0 Å². The average molecular weight is 2030 g/mol. The number of aliphatic hydroxyl groups is 1. The summed E-state index contributed by atoms with van der Waals surface area (Å²) in [7, 11) is 2.55. The number of aromatic nitrogens is 5. The Bertz CT molecular complexity index is 5470. The van der Waals surface area contributed by atoms with Crippen LogP contribution in [0.3, 0.4) is 0 Å². The maximum Gasteiger partial charge on any atom is 0.508 e. The third kappa shape index (κ3) is 40.1. The lowest BCUT2D eigenvalue weighted by Gasteiger charge is -2.32. The fourth-order valence-electron chi connectivity index (χ4n) is 15.4. The van der Waals surface area contributed by atoms with Crippen molar-refractivity contribution in [1.29, 1.82) is 5.41 Å². The number of ether oxygens (including phenoxy) is 2. The molecule has 1 fully saturated rings. The molecule has 0 spiro atoms. The van der Waals surface area contributed by atoms with Crippen LogP contribution in [0.1, 0.15) is 171 Å². The number of carboxylic acids is 1. The van der Waals surface area contributed by atoms with E-state index in [1.54, 1.807) is 45.0 Å². The van der Waals surface area contributed by atoms with E-state index < -0.39 is 241 Å². The number of nitrogen functional groups attached to an aromatic ring is 1. The van der Waals surface area contributed by atoms with Gasteiger partial charge in [0.15, 0.2) is 46.0 Å². The highest BCUT2D eigenvalue weighted by Crippen LogP contribution is 2.33. The van der Waals surface area contributed by atoms with Crippen LogP contribution in [0, 0.1) is 46.8 Å². The summed E-state index contributed by atoms with van der Waals surface area (Å²) in [5.74, 6) is -19.3. The van der Waals surface area contributed by atoms with Gasteiger partial charge in [0.1, 0.15) is 37.1 Å². The minimum Gasteiger partial charge on any atom is -0.508 e. The molecule has 770 valence electrons. The van der Waals surface area contributed by atoms with E-state index in [2.05, 4.69) is 72.8 Å². The lowest BCUT2D eigenvalue weighted by atomic mass is 9.82. The number of aliphatic hydroxyl groups excluding tert-OH is 1. The molecule has 142 heavy (non-hydrogen) atoms. The van der Waals surface area contributed by atoms with Crippen LogP contribution in [0.5, 0.6) is 5.75 Å². The number of aryl methyl sites for hydroxylation is 3. The Kier molecular flexibility index (Phi) is 51.7. The molecule has 10 amide bonds. The number of aromatic hydroxyl groups is 1. The van der Waals surface area contributed by atoms with Crippen molar-refractivity contribution in [2.75, 3.05) is 56.6 Å². The van der Waals surface area contributed by atoms with Gasteiger partial charge in [-0.1, -0.05) is 86.9 Å². The number of aromatic amines is 2. The molecule has 0 saturated carbocycles. The Morgan fingerprint density at radius 3 is 1.99 bits per heavy atom. The molecule has 52 heteroatoms. The molecule has 1 unspecified atom stereocenters. The number of H-pyrrole nitrogens is 2. The SMILES string of the molecule is CCC(C)[C@@H]1NC(=O)CNC(=O)[C@@H]2Cc3c([nH]c4cc(O)ccc34)CC[C@@H](NC(=O)CCC1=O)C(=O)N[C@@H](CC(N)=O)C(=O)N1C[C@H](C)C[C@H]1C(=O)C[C@@H]([C@H](C)[C@@H](O)COC(=O)OCCSSCCNC(=O)[C@H](C)CC(=O)[C@H](C)NC(=O)[C@H](CCCNC(=N)N)CC(=O)[C@H](C)NC(=O)CC[C@H](CC(=O)c1ccc(CCc3cnc4nc(N)[nH]c(=O)c4n3)cc1)C(=O)O)C(=O)N2.O=C=O.O=C=O.O=C=O.O=C=O. The number of phenols is 1. The van der Waals surface area contributed by atoms with Gasteiger partial charge in [0.25, 0.3) is 5.56 Å². The third-order valence-corrected chi connectivity index (χ3v) is 25.6. The number of rotatable bonds is 39. The molecule has 3 aliphatic heterocycles. The Morgan fingerprint density at radius 2 is 1.35 bits per heavy atom. The minimum absolute atomic E-state index is 0.0308. The fourth-order valence-corrected chi connectivity index (χ4v) is 17.2. The lowest BCUT2D eigenvalue weighted by molar-refractivity contribution is -0.193. The molecule has 2 aromatic carbocycles. The summed E-state index contributed by atoms with van der Waals surface area (Å²) in [5, 5.41) is 64.2. The van der Waals surface area contributed by atoms with Crippen LogP contribution in [0.15, 0.2) is 53.5 Å². The number of benzene rings is 2. The van der Waals surface area contributed by atoms with E-state index in [-0.39, 0.29) is 155 Å². The number of nitrogens with two attached hydrogens (primary N) is 3. The minimum atomic E-state index is -1.73. The molecule has 0 radical (unpaired) electrons. The first-order valence-electron chi connectivity index (χ1n) is 44.8. The van der Waals surface area contributed by atoms with Gasteiger partial charge in [-0.25, -0.2) is 14.8 Å². The van der Waals surface area contributed by atoms with Crippen LogP contribution in [0.4, 0.5) is 10.7 Å². The van der Waals surface area contributed by atoms with Crippen molar-refractivity contribution < 1.29 is 145 Å². The Labute approximate surface area is 818 Å². The van der Waals surface area contributed by atoms with Crippen molar-refractivity contribution in [1.82, 2.24) is 77.7 Å². The van der Waals surface area contributed by atoms with Crippen molar-refractivity contribution in [2.45, 2.75) is 212 Å². The van der Waals surface area contributed by atoms with Crippen molar-refractivity contribution in [2.24, 2.45) is 52.9 Å². The van der Waals surface area contributed by atoms with Gasteiger partial charge < -0.3 is 99.7 Å². The number of carbonyl (C=O) groups excluding carboxylic acids is 24. The maximum atomic E-state index is 15.2. The summed E-state index contributed by atoms with van der Waals surface area (Å²) < 4.78 is 10.6. The molecule has 21 N–H and O–H groups in total. The van der Waals surface area contributed by atoms with E-state index in [4.69, 9.17) is 70.4 Å². The van der Waals surface area contributed by atoms with Gasteiger partial charge in [-0.3, -0.25) is 91.9 Å². The summed E-state index contributed by atoms with van der Waals surface area (Å²) in [6.45, 7) is 9.42. The largest absolute Gasteiger partial charge is 0.508 e. The molecule has 8 rings (SSSR count). The highest BCUT2D eigenvalue weighted by molar-refractivity contribution is 8.76. The maximum absolute atomic E-state index is 15.2. The van der Waals surface area contributed by atoms with E-state index in [1.807, 2.05) is 0 Å². The number of aliphatic carboxylic acids is 1. The number of primary amides is 1. The zero-order chi connectivity index (χ0) is 106. The van der Waals surface area contributed by atoms with Gasteiger partial charge in [0, 0.05) is 123 Å². The average Bonchev–Trinajstić information content (AvgIpc) is 1.73. The number of Topliss-reactive ketones (excluding diaryl/α,β-unsaturated/α-hetero) is 5. The summed E-state index contributed by atoms with van der Waals surface area (Å²) >= 11 is 0. The lowest BCUT2D eigenvalue weighted by Crippen LogP contribution is -2.57. The number of anilines is 1. The molecule has 0 aliphatic carbocycles. The summed E-state index contributed by atoms with van der Waals surface area (Å²) in [5.41, 5.74) is 18.9. The molecular formula is C90H117N19O31S2. The highest BCUT2D eigenvalue weighted by atomic mass is 33.1. The third-order valence-electron chi connectivity index (χ3n) is 23.2. The number of hydrogen-bond donors (Lipinski definition) is 18. The van der Waals surface area contributed by atoms with E-state index in [0.29, 0.717) is 52.9 Å². The molecule has 1 saturated heterocycles.